The molecule has 126 valence electrons. The van der Waals surface area contributed by atoms with Crippen LogP contribution in [0, 0.1) is 17.3 Å². The van der Waals surface area contributed by atoms with Gasteiger partial charge in [-0.1, -0.05) is 13.0 Å². The van der Waals surface area contributed by atoms with Crippen LogP contribution in [0.4, 0.5) is 0 Å². The zero-order chi connectivity index (χ0) is 16.2. The van der Waals surface area contributed by atoms with Crippen molar-refractivity contribution in [2.45, 2.75) is 63.9 Å². The molecular formula is C21H30O2. The first-order chi connectivity index (χ1) is 11.0. The predicted molar refractivity (Wildman–Crippen MR) is 93.0 cm³/mol. The van der Waals surface area contributed by atoms with Gasteiger partial charge in [0.05, 0.1) is 12.7 Å². The van der Waals surface area contributed by atoms with Gasteiger partial charge in [-0.15, -0.1) is 0 Å². The van der Waals surface area contributed by atoms with E-state index in [1.165, 1.54) is 44.1 Å². The van der Waals surface area contributed by atoms with E-state index < -0.39 is 0 Å². The summed E-state index contributed by atoms with van der Waals surface area (Å²) in [4.78, 5) is 0. The molecule has 2 nitrogen and oxygen atoms in total. The summed E-state index contributed by atoms with van der Waals surface area (Å²) in [7, 11) is 3.69. The average Bonchev–Trinajstić information content (AvgIpc) is 2.86. The van der Waals surface area contributed by atoms with Gasteiger partial charge < -0.3 is 9.47 Å². The van der Waals surface area contributed by atoms with Crippen LogP contribution in [0.15, 0.2) is 18.2 Å². The zero-order valence-corrected chi connectivity index (χ0v) is 15.0. The first kappa shape index (κ1) is 15.5. The summed E-state index contributed by atoms with van der Waals surface area (Å²) >= 11 is 0. The summed E-state index contributed by atoms with van der Waals surface area (Å²) in [6.45, 7) is 4.86. The fourth-order valence-corrected chi connectivity index (χ4v) is 6.25. The van der Waals surface area contributed by atoms with E-state index in [4.69, 9.17) is 9.47 Å². The minimum absolute atomic E-state index is 0.0722. The van der Waals surface area contributed by atoms with Gasteiger partial charge in [-0.2, -0.15) is 0 Å². The largest absolute Gasteiger partial charge is 0.497 e. The first-order valence-electron chi connectivity index (χ1n) is 9.24. The van der Waals surface area contributed by atoms with Crippen molar-refractivity contribution in [3.8, 4) is 5.75 Å². The summed E-state index contributed by atoms with van der Waals surface area (Å²) in [5.41, 5.74) is 3.56. The zero-order valence-electron chi connectivity index (χ0n) is 15.0. The molecule has 0 amide bonds. The van der Waals surface area contributed by atoms with Crippen molar-refractivity contribution in [2.24, 2.45) is 17.3 Å². The Morgan fingerprint density at radius 2 is 1.87 bits per heavy atom. The Morgan fingerprint density at radius 3 is 2.61 bits per heavy atom. The van der Waals surface area contributed by atoms with E-state index in [0.29, 0.717) is 5.41 Å². The standard InChI is InChI=1S/C21H30O2/c1-20-11-9-17-16-8-6-15(22-3)13-14(16)5-7-18(17)19(20)10-12-21(20,2)23-4/h6,8,13,17-19H,5,7,9-12H2,1-4H3/t17-,18-,19+,20?,21+/m1/s1. The Morgan fingerprint density at radius 1 is 1.04 bits per heavy atom. The highest BCUT2D eigenvalue weighted by molar-refractivity contribution is 5.40. The number of benzene rings is 1. The molecule has 0 bridgehead atoms. The number of hydrogen-bond acceptors (Lipinski definition) is 2. The molecule has 3 aliphatic rings. The summed E-state index contributed by atoms with van der Waals surface area (Å²) in [5.74, 6) is 3.42. The van der Waals surface area contributed by atoms with Gasteiger partial charge in [0, 0.05) is 7.11 Å². The molecule has 0 aromatic heterocycles. The number of ether oxygens (including phenoxy) is 2. The highest BCUT2D eigenvalue weighted by atomic mass is 16.5. The van der Waals surface area contributed by atoms with Crippen LogP contribution in [-0.2, 0) is 11.2 Å². The highest BCUT2D eigenvalue weighted by Gasteiger charge is 2.60. The predicted octanol–water partition coefficient (Wildman–Crippen LogP) is 4.96. The lowest BCUT2D eigenvalue weighted by Gasteiger charge is -2.53. The average molecular weight is 314 g/mol. The fraction of sp³-hybridized carbons (Fsp3) is 0.714. The molecule has 1 aromatic carbocycles. The second kappa shape index (κ2) is 5.24. The monoisotopic (exact) mass is 314 g/mol. The second-order valence-electron chi connectivity index (χ2n) is 8.41. The third-order valence-electron chi connectivity index (χ3n) is 7.91. The smallest absolute Gasteiger partial charge is 0.119 e. The van der Waals surface area contributed by atoms with Crippen molar-refractivity contribution in [2.75, 3.05) is 14.2 Å². The Labute approximate surface area is 140 Å². The molecule has 3 aliphatic carbocycles. The van der Waals surface area contributed by atoms with Crippen LogP contribution in [0.3, 0.4) is 0 Å². The van der Waals surface area contributed by atoms with Crippen LogP contribution in [0.1, 0.15) is 63.0 Å². The molecule has 0 spiro atoms. The van der Waals surface area contributed by atoms with Crippen molar-refractivity contribution >= 4 is 0 Å². The van der Waals surface area contributed by atoms with Gasteiger partial charge in [0.15, 0.2) is 0 Å². The lowest BCUT2D eigenvalue weighted by atomic mass is 9.53. The highest BCUT2D eigenvalue weighted by Crippen LogP contribution is 2.65. The maximum Gasteiger partial charge on any atom is 0.119 e. The molecule has 2 fully saturated rings. The summed E-state index contributed by atoms with van der Waals surface area (Å²) < 4.78 is 11.5. The van der Waals surface area contributed by atoms with E-state index in [0.717, 1.165) is 23.5 Å². The van der Waals surface area contributed by atoms with Crippen LogP contribution >= 0.6 is 0 Å². The molecule has 4 rings (SSSR count). The molecule has 0 N–H and O–H groups in total. The Hall–Kier alpha value is -1.02. The van der Waals surface area contributed by atoms with Crippen LogP contribution in [-0.4, -0.2) is 19.8 Å². The SMILES string of the molecule is COc1ccc2c(c1)CC[C@@H]1[C@@H]2CCC2(C)[C@H]1CC[C@]2(C)OC. The van der Waals surface area contributed by atoms with E-state index in [9.17, 15) is 0 Å². The molecule has 0 aliphatic heterocycles. The topological polar surface area (TPSA) is 18.5 Å². The molecule has 0 radical (unpaired) electrons. The Bertz CT molecular complexity index is 610. The van der Waals surface area contributed by atoms with Gasteiger partial charge in [0.1, 0.15) is 5.75 Å². The maximum atomic E-state index is 6.03. The van der Waals surface area contributed by atoms with Crippen LogP contribution in [0.5, 0.6) is 5.75 Å². The van der Waals surface area contributed by atoms with E-state index in [1.54, 1.807) is 12.7 Å². The van der Waals surface area contributed by atoms with Crippen molar-refractivity contribution in [1.29, 1.82) is 0 Å². The fourth-order valence-electron chi connectivity index (χ4n) is 6.25. The van der Waals surface area contributed by atoms with Crippen LogP contribution in [0.2, 0.25) is 0 Å². The van der Waals surface area contributed by atoms with E-state index >= 15 is 0 Å². The number of rotatable bonds is 2. The third kappa shape index (κ3) is 2.03. The second-order valence-corrected chi connectivity index (χ2v) is 8.41. The van der Waals surface area contributed by atoms with Gasteiger partial charge >= 0.3 is 0 Å². The molecule has 5 atom stereocenters. The summed E-state index contributed by atoms with van der Waals surface area (Å²) in [6, 6.07) is 6.77. The van der Waals surface area contributed by atoms with E-state index in [-0.39, 0.29) is 5.60 Å². The number of fused-ring (bicyclic) bond motifs is 5. The molecule has 1 unspecified atom stereocenters. The third-order valence-corrected chi connectivity index (χ3v) is 7.91. The number of hydrogen-bond donors (Lipinski definition) is 0. The van der Waals surface area contributed by atoms with Crippen LogP contribution in [0.25, 0.3) is 0 Å². The molecule has 2 saturated carbocycles. The molecule has 0 heterocycles. The van der Waals surface area contributed by atoms with Gasteiger partial charge in [-0.05, 0) is 91.9 Å². The Kier molecular flexibility index (Phi) is 3.53. The van der Waals surface area contributed by atoms with Crippen LogP contribution < -0.4 is 4.74 Å². The molecule has 2 heteroatoms. The van der Waals surface area contributed by atoms with Crippen molar-refractivity contribution in [3.63, 3.8) is 0 Å². The van der Waals surface area contributed by atoms with E-state index in [2.05, 4.69) is 32.0 Å². The molecular weight excluding hydrogens is 284 g/mol. The Balaban J connectivity index is 1.68. The first-order valence-corrected chi connectivity index (χ1v) is 9.24. The quantitative estimate of drug-likeness (QED) is 0.768. The molecule has 0 saturated heterocycles. The van der Waals surface area contributed by atoms with Crippen molar-refractivity contribution in [3.05, 3.63) is 29.3 Å². The van der Waals surface area contributed by atoms with Gasteiger partial charge in [-0.3, -0.25) is 0 Å². The molecule has 23 heavy (non-hydrogen) atoms. The van der Waals surface area contributed by atoms with Crippen molar-refractivity contribution in [1.82, 2.24) is 0 Å². The number of methoxy groups -OCH3 is 2. The number of aryl methyl sites for hydroxylation is 1. The normalized spacial score (nSPS) is 41.8. The minimum atomic E-state index is 0.0722. The lowest BCUT2D eigenvalue weighted by molar-refractivity contribution is -0.114. The van der Waals surface area contributed by atoms with Gasteiger partial charge in [0.25, 0.3) is 0 Å². The lowest BCUT2D eigenvalue weighted by Crippen LogP contribution is -2.50. The molecule has 1 aromatic rings. The van der Waals surface area contributed by atoms with E-state index in [1.807, 2.05) is 7.11 Å². The maximum absolute atomic E-state index is 6.03. The summed E-state index contributed by atoms with van der Waals surface area (Å²) in [6.07, 6.45) is 7.73. The van der Waals surface area contributed by atoms with Gasteiger partial charge in [0.2, 0.25) is 0 Å². The van der Waals surface area contributed by atoms with Crippen molar-refractivity contribution < 1.29 is 9.47 Å². The van der Waals surface area contributed by atoms with Gasteiger partial charge in [-0.25, -0.2) is 0 Å². The summed E-state index contributed by atoms with van der Waals surface area (Å²) in [5, 5.41) is 0. The minimum Gasteiger partial charge on any atom is -0.497 e.